The number of nitrogens with two attached hydrogens (primary N) is 2. The van der Waals surface area contributed by atoms with Crippen molar-refractivity contribution in [3.05, 3.63) is 114 Å². The monoisotopic (exact) mass is 652 g/mol. The van der Waals surface area contributed by atoms with Gasteiger partial charge in [-0.15, -0.1) is 0 Å². The fraction of sp³-hybridized carbons (Fsp3) is 0. The minimum atomic E-state index is -2.48. The largest absolute Gasteiger partial charge is 0.398 e. The molecule has 0 radical (unpaired) electrons. The summed E-state index contributed by atoms with van der Waals surface area (Å²) in [6.45, 7) is 0. The summed E-state index contributed by atoms with van der Waals surface area (Å²) in [7, 11) is 0. The quantitative estimate of drug-likeness (QED) is 0.147. The Labute approximate surface area is 246 Å². The highest BCUT2D eigenvalue weighted by Crippen LogP contribution is 2.56. The average Bonchev–Trinajstić information content (AvgIpc) is 3.76. The van der Waals surface area contributed by atoms with Crippen molar-refractivity contribution in [1.29, 1.82) is 21.0 Å². The van der Waals surface area contributed by atoms with E-state index in [-0.39, 0.29) is 0 Å². The van der Waals surface area contributed by atoms with Crippen molar-refractivity contribution in [2.75, 3.05) is 5.73 Å². The van der Waals surface area contributed by atoms with Crippen molar-refractivity contribution < 1.29 is 52.7 Å². The molecule has 0 bridgehead atoms. The molecular formula is C28H4F12N6. The molecule has 18 heteroatoms. The van der Waals surface area contributed by atoms with Gasteiger partial charge in [-0.2, -0.15) is 21.0 Å². The molecule has 1 aliphatic carbocycles. The summed E-state index contributed by atoms with van der Waals surface area (Å²) < 4.78 is 176. The van der Waals surface area contributed by atoms with Crippen molar-refractivity contribution in [2.24, 2.45) is 5.73 Å². The van der Waals surface area contributed by atoms with Gasteiger partial charge in [0, 0.05) is 16.7 Å². The van der Waals surface area contributed by atoms with Gasteiger partial charge in [0.15, 0.2) is 69.8 Å². The van der Waals surface area contributed by atoms with Gasteiger partial charge >= 0.3 is 0 Å². The fourth-order valence-corrected chi connectivity index (χ4v) is 4.34. The van der Waals surface area contributed by atoms with E-state index in [0.29, 0.717) is 0 Å². The van der Waals surface area contributed by atoms with E-state index in [2.05, 4.69) is 0 Å². The maximum atomic E-state index is 15.0. The molecule has 0 aromatic heterocycles. The first-order valence-corrected chi connectivity index (χ1v) is 11.5. The van der Waals surface area contributed by atoms with E-state index >= 15 is 0 Å². The van der Waals surface area contributed by atoms with Crippen LogP contribution in [0.1, 0.15) is 27.8 Å². The van der Waals surface area contributed by atoms with Crippen LogP contribution >= 0.6 is 0 Å². The molecule has 3 aromatic rings. The Kier molecular flexibility index (Phi) is 7.96. The van der Waals surface area contributed by atoms with E-state index < -0.39 is 137 Å². The number of benzene rings is 3. The fourth-order valence-electron chi connectivity index (χ4n) is 4.34. The summed E-state index contributed by atoms with van der Waals surface area (Å²) in [6, 6.07) is 3.59. The second kappa shape index (κ2) is 11.3. The molecule has 4 N–H and O–H groups in total. The van der Waals surface area contributed by atoms with Crippen LogP contribution in [0.5, 0.6) is 0 Å². The van der Waals surface area contributed by atoms with Gasteiger partial charge in [0.2, 0.25) is 0 Å². The van der Waals surface area contributed by atoms with Gasteiger partial charge in [0.05, 0.1) is 33.5 Å². The van der Waals surface area contributed by atoms with Crippen LogP contribution in [-0.4, -0.2) is 0 Å². The molecule has 1 fully saturated rings. The molecule has 4 rings (SSSR count). The third-order valence-corrected chi connectivity index (χ3v) is 6.50. The van der Waals surface area contributed by atoms with Gasteiger partial charge in [0.25, 0.3) is 0 Å². The number of anilines is 1. The molecule has 0 amide bonds. The topological polar surface area (TPSA) is 147 Å². The Morgan fingerprint density at radius 3 is 0.978 bits per heavy atom. The number of hydrogen-bond donors (Lipinski definition) is 2. The zero-order valence-electron chi connectivity index (χ0n) is 21.5. The molecule has 1 saturated carbocycles. The smallest absolute Gasteiger partial charge is 0.185 e. The van der Waals surface area contributed by atoms with Crippen LogP contribution in [0, 0.1) is 115 Å². The van der Waals surface area contributed by atoms with Crippen LogP contribution in [0.15, 0.2) is 16.7 Å². The van der Waals surface area contributed by atoms with Crippen molar-refractivity contribution in [2.45, 2.75) is 0 Å². The summed E-state index contributed by atoms with van der Waals surface area (Å²) in [5, 5.41) is 37.1. The van der Waals surface area contributed by atoms with Crippen molar-refractivity contribution in [3.63, 3.8) is 0 Å². The Morgan fingerprint density at radius 1 is 0.413 bits per heavy atom. The Hall–Kier alpha value is -6.40. The van der Waals surface area contributed by atoms with Crippen LogP contribution in [0.25, 0.3) is 16.8 Å². The summed E-state index contributed by atoms with van der Waals surface area (Å²) in [5.74, 6) is -28.8. The molecule has 0 saturated heterocycles. The summed E-state index contributed by atoms with van der Waals surface area (Å²) in [6.07, 6.45) is 0. The molecule has 46 heavy (non-hydrogen) atoms. The number of nitrogens with zero attached hydrogens (tertiary/aromatic N) is 4. The Balaban J connectivity index is 2.32. The lowest BCUT2D eigenvalue weighted by molar-refractivity contribution is 0.446. The molecule has 6 nitrogen and oxygen atoms in total. The van der Waals surface area contributed by atoms with Gasteiger partial charge in [-0.1, -0.05) is 0 Å². The number of allylic oxidation sites excluding steroid dienone is 5. The molecule has 0 heterocycles. The summed E-state index contributed by atoms with van der Waals surface area (Å²) >= 11 is 0. The minimum absolute atomic E-state index is 0.788. The van der Waals surface area contributed by atoms with E-state index in [4.69, 9.17) is 22.0 Å². The van der Waals surface area contributed by atoms with Crippen LogP contribution in [0.2, 0.25) is 0 Å². The van der Waals surface area contributed by atoms with Gasteiger partial charge in [0.1, 0.15) is 41.1 Å². The number of halogens is 12. The lowest BCUT2D eigenvalue weighted by atomic mass is 9.99. The maximum absolute atomic E-state index is 15.0. The highest BCUT2D eigenvalue weighted by atomic mass is 19.2. The first kappa shape index (κ1) is 32.5. The Bertz CT molecular complexity index is 2150. The van der Waals surface area contributed by atoms with Crippen molar-refractivity contribution in [1.82, 2.24) is 0 Å². The van der Waals surface area contributed by atoms with Gasteiger partial charge in [-0.25, -0.2) is 52.7 Å². The first-order chi connectivity index (χ1) is 21.5. The van der Waals surface area contributed by atoms with Gasteiger partial charge < -0.3 is 11.5 Å². The predicted octanol–water partition coefficient (Wildman–Crippen LogP) is 6.32. The minimum Gasteiger partial charge on any atom is -0.398 e. The van der Waals surface area contributed by atoms with Crippen LogP contribution < -0.4 is 11.5 Å². The number of nitriles is 4. The Morgan fingerprint density at radius 2 is 0.696 bits per heavy atom. The molecule has 1 aliphatic rings. The normalized spacial score (nSPS) is 15.4. The summed E-state index contributed by atoms with van der Waals surface area (Å²) in [5.41, 5.74) is -9.68. The second-order valence-corrected chi connectivity index (χ2v) is 8.79. The van der Waals surface area contributed by atoms with E-state index in [0.717, 1.165) is 24.3 Å². The zero-order valence-corrected chi connectivity index (χ0v) is 21.5. The molecule has 0 unspecified atom stereocenters. The molecule has 230 valence electrons. The highest BCUT2D eigenvalue weighted by molar-refractivity contribution is 6.10. The zero-order chi connectivity index (χ0) is 34.7. The van der Waals surface area contributed by atoms with Gasteiger partial charge in [-0.05, 0) is 0 Å². The van der Waals surface area contributed by atoms with Crippen molar-refractivity contribution in [3.8, 4) is 24.3 Å². The highest BCUT2D eigenvalue weighted by Gasteiger charge is 2.45. The van der Waals surface area contributed by atoms with E-state index in [1.807, 2.05) is 0 Å². The number of rotatable bonds is 3. The third-order valence-electron chi connectivity index (χ3n) is 6.50. The summed E-state index contributed by atoms with van der Waals surface area (Å²) in [4.78, 5) is 0. The lowest BCUT2D eigenvalue weighted by Gasteiger charge is -2.09. The first-order valence-electron chi connectivity index (χ1n) is 11.5. The molecule has 0 atom stereocenters. The molecular weight excluding hydrogens is 648 g/mol. The third kappa shape index (κ3) is 4.35. The van der Waals surface area contributed by atoms with E-state index in [9.17, 15) is 63.2 Å². The van der Waals surface area contributed by atoms with Crippen LogP contribution in [-0.2, 0) is 0 Å². The standard InChI is InChI=1S/C28H4F12N6/c29-15-7(3-43)16(30)20(34)11(19(15)33)5(1-41)9-10(6(2-42)12-21(35)25(39)28(46)26(40)22(12)36)13(9)27(45)14-23(37)17(31)8(4-44)18(32)24(14)38/h45-46H2/b9-5+,10-6-,27-13?. The van der Waals surface area contributed by atoms with E-state index in [1.54, 1.807) is 0 Å². The van der Waals surface area contributed by atoms with Crippen molar-refractivity contribution >= 4 is 22.5 Å². The van der Waals surface area contributed by atoms with Gasteiger partial charge in [-0.3, -0.25) is 0 Å². The lowest BCUT2D eigenvalue weighted by Crippen LogP contribution is -2.10. The van der Waals surface area contributed by atoms with E-state index in [1.165, 1.54) is 0 Å². The average molecular weight is 652 g/mol. The maximum Gasteiger partial charge on any atom is 0.185 e. The molecule has 3 aromatic carbocycles. The predicted molar refractivity (Wildman–Crippen MR) is 129 cm³/mol. The molecule has 0 aliphatic heterocycles. The van der Waals surface area contributed by atoms with Crippen LogP contribution in [0.3, 0.4) is 0 Å². The molecule has 0 spiro atoms. The number of nitrogen functional groups attached to an aromatic ring is 1. The SMILES string of the molecule is N#C/C(=C1\C(=C(N)c2c(F)c(F)c(C#N)c(F)c2F)\C1=C(\C#N)c1c(F)c(F)c(N)c(F)c1F)c1c(F)c(F)c(C#N)c(F)c1F. The van der Waals surface area contributed by atoms with Crippen LogP contribution in [0.4, 0.5) is 58.4 Å². The number of hydrogen-bond acceptors (Lipinski definition) is 6. The second-order valence-electron chi connectivity index (χ2n) is 8.79.